The molecule has 0 radical (unpaired) electrons. The largest absolute Gasteiger partial charge is 0.407 e. The summed E-state index contributed by atoms with van der Waals surface area (Å²) in [5.74, 6) is 0.769. The van der Waals surface area contributed by atoms with Gasteiger partial charge >= 0.3 is 6.01 Å². The van der Waals surface area contributed by atoms with E-state index in [4.69, 9.17) is 16.0 Å². The zero-order valence-corrected chi connectivity index (χ0v) is 10.4. The van der Waals surface area contributed by atoms with Crippen LogP contribution in [0.4, 0.5) is 6.01 Å². The van der Waals surface area contributed by atoms with Crippen LogP contribution in [0.15, 0.2) is 4.42 Å². The lowest BCUT2D eigenvalue weighted by atomic mass is 10.3. The number of alkyl halides is 1. The first-order chi connectivity index (χ1) is 7.19. The first-order valence-electron chi connectivity index (χ1n) is 4.97. The number of hydrogen-bond acceptors (Lipinski definition) is 5. The number of thioether (sulfide) groups is 1. The van der Waals surface area contributed by atoms with Crippen LogP contribution in [0.25, 0.3) is 0 Å². The Bertz CT molecular complexity index is 323. The van der Waals surface area contributed by atoms with Crippen molar-refractivity contribution < 1.29 is 4.42 Å². The second kappa shape index (κ2) is 4.61. The molecule has 1 aromatic rings. The molecule has 1 aliphatic heterocycles. The molecule has 15 heavy (non-hydrogen) atoms. The van der Waals surface area contributed by atoms with E-state index in [2.05, 4.69) is 28.9 Å². The SMILES string of the molecule is CC1CN(c2nnc(CCl)o2)CC(C)S1. The number of anilines is 1. The van der Waals surface area contributed by atoms with E-state index >= 15 is 0 Å². The molecule has 4 nitrogen and oxygen atoms in total. The fraction of sp³-hybridized carbons (Fsp3) is 0.778. The minimum absolute atomic E-state index is 0.278. The molecule has 0 saturated carbocycles. The number of rotatable bonds is 2. The molecule has 2 rings (SSSR count). The summed E-state index contributed by atoms with van der Waals surface area (Å²) in [6, 6.07) is 0.602. The molecule has 2 unspecified atom stereocenters. The van der Waals surface area contributed by atoms with E-state index in [1.54, 1.807) is 0 Å². The Morgan fingerprint density at radius 1 is 1.40 bits per heavy atom. The van der Waals surface area contributed by atoms with E-state index in [0.29, 0.717) is 22.4 Å². The summed E-state index contributed by atoms with van der Waals surface area (Å²) < 4.78 is 5.43. The van der Waals surface area contributed by atoms with Crippen molar-refractivity contribution >= 4 is 29.4 Å². The molecule has 0 N–H and O–H groups in total. The predicted molar refractivity (Wildman–Crippen MR) is 62.6 cm³/mol. The van der Waals surface area contributed by atoms with Crippen LogP contribution in [0, 0.1) is 0 Å². The third-order valence-electron chi connectivity index (χ3n) is 2.26. The highest BCUT2D eigenvalue weighted by atomic mass is 35.5. The van der Waals surface area contributed by atoms with Gasteiger partial charge in [-0.1, -0.05) is 18.9 Å². The van der Waals surface area contributed by atoms with Gasteiger partial charge in [0.2, 0.25) is 5.89 Å². The Hall–Kier alpha value is -0.420. The molecule has 0 aromatic carbocycles. The number of nitrogens with zero attached hydrogens (tertiary/aromatic N) is 3. The molecule has 2 heterocycles. The van der Waals surface area contributed by atoms with Crippen LogP contribution in [-0.2, 0) is 5.88 Å². The lowest BCUT2D eigenvalue weighted by Crippen LogP contribution is -2.40. The van der Waals surface area contributed by atoms with Crippen LogP contribution >= 0.6 is 23.4 Å². The van der Waals surface area contributed by atoms with E-state index in [-0.39, 0.29) is 5.88 Å². The first-order valence-corrected chi connectivity index (χ1v) is 6.45. The van der Waals surface area contributed by atoms with E-state index in [9.17, 15) is 0 Å². The molecule has 0 bridgehead atoms. The summed E-state index contributed by atoms with van der Waals surface area (Å²) in [6.07, 6.45) is 0. The highest BCUT2D eigenvalue weighted by Gasteiger charge is 2.25. The number of halogens is 1. The van der Waals surface area contributed by atoms with Gasteiger partial charge in [0, 0.05) is 23.6 Å². The third-order valence-corrected chi connectivity index (χ3v) is 3.72. The maximum absolute atomic E-state index is 5.62. The van der Waals surface area contributed by atoms with Gasteiger partial charge < -0.3 is 9.32 Å². The highest BCUT2D eigenvalue weighted by molar-refractivity contribution is 8.00. The van der Waals surface area contributed by atoms with Gasteiger partial charge in [0.25, 0.3) is 0 Å². The van der Waals surface area contributed by atoms with Crippen molar-refractivity contribution in [2.24, 2.45) is 0 Å². The second-order valence-electron chi connectivity index (χ2n) is 3.77. The Morgan fingerprint density at radius 3 is 2.60 bits per heavy atom. The van der Waals surface area contributed by atoms with Gasteiger partial charge in [-0.05, 0) is 0 Å². The standard InChI is InChI=1S/C9H14ClN3OS/c1-6-4-13(5-7(2)15-6)9-12-11-8(3-10)14-9/h6-7H,3-5H2,1-2H3. The lowest BCUT2D eigenvalue weighted by molar-refractivity contribution is 0.495. The number of aromatic nitrogens is 2. The molecule has 2 atom stereocenters. The highest BCUT2D eigenvalue weighted by Crippen LogP contribution is 2.27. The molecule has 84 valence electrons. The fourth-order valence-corrected chi connectivity index (χ4v) is 3.19. The summed E-state index contributed by atoms with van der Waals surface area (Å²) in [5.41, 5.74) is 0. The van der Waals surface area contributed by atoms with Crippen LogP contribution in [-0.4, -0.2) is 33.8 Å². The van der Waals surface area contributed by atoms with Gasteiger partial charge in [0.05, 0.1) is 0 Å². The smallest absolute Gasteiger partial charge is 0.318 e. The van der Waals surface area contributed by atoms with Crippen molar-refractivity contribution in [2.75, 3.05) is 18.0 Å². The maximum atomic E-state index is 5.62. The Balaban J connectivity index is 2.09. The topological polar surface area (TPSA) is 42.2 Å². The minimum Gasteiger partial charge on any atom is -0.407 e. The van der Waals surface area contributed by atoms with Crippen LogP contribution < -0.4 is 4.90 Å². The van der Waals surface area contributed by atoms with Crippen LogP contribution in [0.2, 0.25) is 0 Å². The summed E-state index contributed by atoms with van der Waals surface area (Å²) in [5, 5.41) is 9.05. The zero-order valence-electron chi connectivity index (χ0n) is 8.81. The lowest BCUT2D eigenvalue weighted by Gasteiger charge is -2.33. The van der Waals surface area contributed by atoms with Crippen molar-refractivity contribution in [3.8, 4) is 0 Å². The fourth-order valence-electron chi connectivity index (χ4n) is 1.76. The van der Waals surface area contributed by atoms with Crippen molar-refractivity contribution in [1.82, 2.24) is 10.2 Å². The van der Waals surface area contributed by atoms with Crippen LogP contribution in [0.5, 0.6) is 0 Å². The normalized spacial score (nSPS) is 27.0. The quantitative estimate of drug-likeness (QED) is 0.749. The molecule has 0 spiro atoms. The molecule has 0 aliphatic carbocycles. The molecular weight excluding hydrogens is 234 g/mol. The van der Waals surface area contributed by atoms with Crippen LogP contribution in [0.1, 0.15) is 19.7 Å². The maximum Gasteiger partial charge on any atom is 0.318 e. The van der Waals surface area contributed by atoms with Crippen molar-refractivity contribution in [2.45, 2.75) is 30.2 Å². The molecule has 0 amide bonds. The predicted octanol–water partition coefficient (Wildman–Crippen LogP) is 2.14. The molecule has 1 fully saturated rings. The average Bonchev–Trinajstić information content (AvgIpc) is 2.64. The van der Waals surface area contributed by atoms with Crippen molar-refractivity contribution in [1.29, 1.82) is 0 Å². The summed E-state index contributed by atoms with van der Waals surface area (Å²) in [4.78, 5) is 2.13. The monoisotopic (exact) mass is 247 g/mol. The number of hydrogen-bond donors (Lipinski definition) is 0. The summed E-state index contributed by atoms with van der Waals surface area (Å²) in [6.45, 7) is 6.34. The van der Waals surface area contributed by atoms with Gasteiger partial charge in [-0.2, -0.15) is 11.8 Å². The van der Waals surface area contributed by atoms with Crippen molar-refractivity contribution in [3.05, 3.63) is 5.89 Å². The van der Waals surface area contributed by atoms with E-state index < -0.39 is 0 Å². The molecule has 6 heteroatoms. The van der Waals surface area contributed by atoms with Crippen molar-refractivity contribution in [3.63, 3.8) is 0 Å². The van der Waals surface area contributed by atoms with Gasteiger partial charge in [0.15, 0.2) is 0 Å². The van der Waals surface area contributed by atoms with Crippen LogP contribution in [0.3, 0.4) is 0 Å². The molecular formula is C9H14ClN3OS. The Kier molecular flexibility index (Phi) is 3.41. The summed E-state index contributed by atoms with van der Waals surface area (Å²) >= 11 is 7.61. The minimum atomic E-state index is 0.278. The Labute approximate surface area is 98.4 Å². The second-order valence-corrected chi connectivity index (χ2v) is 5.92. The summed E-state index contributed by atoms with van der Waals surface area (Å²) in [7, 11) is 0. The van der Waals surface area contributed by atoms with E-state index in [1.807, 2.05) is 11.8 Å². The van der Waals surface area contributed by atoms with E-state index in [0.717, 1.165) is 13.1 Å². The Morgan fingerprint density at radius 2 is 2.07 bits per heavy atom. The van der Waals surface area contributed by atoms with Gasteiger partial charge in [-0.25, -0.2) is 0 Å². The van der Waals surface area contributed by atoms with Gasteiger partial charge in [0.1, 0.15) is 5.88 Å². The van der Waals surface area contributed by atoms with Gasteiger partial charge in [-0.15, -0.1) is 16.7 Å². The zero-order chi connectivity index (χ0) is 10.8. The molecule has 1 aromatic heterocycles. The first kappa shape index (κ1) is 11.1. The molecule has 1 aliphatic rings. The van der Waals surface area contributed by atoms with Gasteiger partial charge in [-0.3, -0.25) is 0 Å². The molecule has 1 saturated heterocycles. The van der Waals surface area contributed by atoms with E-state index in [1.165, 1.54) is 0 Å². The third kappa shape index (κ3) is 2.58. The average molecular weight is 248 g/mol.